The third-order valence-corrected chi connectivity index (χ3v) is 3.64. The second kappa shape index (κ2) is 6.27. The standard InChI is InChI=1S/C17H16ClFO2/c1-3-21-16(20)17(2,18)14-8-4-12(5-9-14)13-6-10-15(19)11-7-13/h4-11H,3H2,1-2H3. The molecular formula is C17H16ClFO2. The van der Waals surface area contributed by atoms with E-state index in [1.54, 1.807) is 38.1 Å². The monoisotopic (exact) mass is 306 g/mol. The van der Waals surface area contributed by atoms with Crippen LogP contribution in [0.4, 0.5) is 4.39 Å². The zero-order valence-electron chi connectivity index (χ0n) is 11.9. The molecule has 0 amide bonds. The van der Waals surface area contributed by atoms with E-state index in [0.29, 0.717) is 5.56 Å². The van der Waals surface area contributed by atoms with E-state index in [-0.39, 0.29) is 12.4 Å². The first-order valence-electron chi connectivity index (χ1n) is 6.67. The number of esters is 1. The number of carbonyl (C=O) groups is 1. The molecule has 21 heavy (non-hydrogen) atoms. The summed E-state index contributed by atoms with van der Waals surface area (Å²) in [6.07, 6.45) is 0. The van der Waals surface area contributed by atoms with E-state index in [0.717, 1.165) is 11.1 Å². The molecule has 0 fully saturated rings. The van der Waals surface area contributed by atoms with Gasteiger partial charge in [-0.05, 0) is 42.7 Å². The summed E-state index contributed by atoms with van der Waals surface area (Å²) in [5, 5.41) is 0. The molecule has 0 radical (unpaired) electrons. The minimum atomic E-state index is -1.21. The highest BCUT2D eigenvalue weighted by atomic mass is 35.5. The van der Waals surface area contributed by atoms with Crippen LogP contribution in [-0.4, -0.2) is 12.6 Å². The van der Waals surface area contributed by atoms with E-state index in [1.807, 2.05) is 12.1 Å². The smallest absolute Gasteiger partial charge is 0.331 e. The maximum absolute atomic E-state index is 12.9. The minimum absolute atomic E-state index is 0.272. The van der Waals surface area contributed by atoms with Gasteiger partial charge in [0.2, 0.25) is 0 Å². The molecule has 0 heterocycles. The van der Waals surface area contributed by atoms with Crippen LogP contribution in [0.3, 0.4) is 0 Å². The van der Waals surface area contributed by atoms with Gasteiger partial charge in [0.15, 0.2) is 4.87 Å². The van der Waals surface area contributed by atoms with Crippen LogP contribution in [0, 0.1) is 5.82 Å². The predicted molar refractivity (Wildman–Crippen MR) is 81.7 cm³/mol. The van der Waals surface area contributed by atoms with Gasteiger partial charge in [0.1, 0.15) is 5.82 Å². The predicted octanol–water partition coefficient (Wildman–Crippen LogP) is 4.51. The lowest BCUT2D eigenvalue weighted by Crippen LogP contribution is -2.28. The first-order valence-corrected chi connectivity index (χ1v) is 7.05. The Balaban J connectivity index is 2.26. The van der Waals surface area contributed by atoms with Crippen molar-refractivity contribution in [3.8, 4) is 11.1 Å². The molecule has 4 heteroatoms. The van der Waals surface area contributed by atoms with E-state index in [1.165, 1.54) is 12.1 Å². The van der Waals surface area contributed by atoms with Crippen molar-refractivity contribution in [2.45, 2.75) is 18.7 Å². The number of benzene rings is 2. The molecule has 1 unspecified atom stereocenters. The molecule has 0 N–H and O–H groups in total. The molecule has 0 aliphatic heterocycles. The first-order chi connectivity index (χ1) is 9.95. The van der Waals surface area contributed by atoms with Gasteiger partial charge in [0.05, 0.1) is 6.61 Å². The fraction of sp³-hybridized carbons (Fsp3) is 0.235. The maximum Gasteiger partial charge on any atom is 0.331 e. The van der Waals surface area contributed by atoms with Crippen LogP contribution in [0.25, 0.3) is 11.1 Å². The van der Waals surface area contributed by atoms with Crippen molar-refractivity contribution >= 4 is 17.6 Å². The SMILES string of the molecule is CCOC(=O)C(C)(Cl)c1ccc(-c2ccc(F)cc2)cc1. The number of hydrogen-bond donors (Lipinski definition) is 0. The summed E-state index contributed by atoms with van der Waals surface area (Å²) in [7, 11) is 0. The van der Waals surface area contributed by atoms with Crippen molar-refractivity contribution in [1.82, 2.24) is 0 Å². The Morgan fingerprint density at radius 1 is 1.10 bits per heavy atom. The number of carbonyl (C=O) groups excluding carboxylic acids is 1. The van der Waals surface area contributed by atoms with Crippen LogP contribution in [0.15, 0.2) is 48.5 Å². The Kier molecular flexibility index (Phi) is 4.63. The number of alkyl halides is 1. The Labute approximate surface area is 128 Å². The fourth-order valence-electron chi connectivity index (χ4n) is 2.00. The minimum Gasteiger partial charge on any atom is -0.464 e. The van der Waals surface area contributed by atoms with Gasteiger partial charge < -0.3 is 4.74 Å². The van der Waals surface area contributed by atoms with Gasteiger partial charge in [-0.25, -0.2) is 9.18 Å². The number of hydrogen-bond acceptors (Lipinski definition) is 2. The van der Waals surface area contributed by atoms with Crippen molar-refractivity contribution in [3.05, 3.63) is 59.9 Å². The zero-order valence-corrected chi connectivity index (χ0v) is 12.7. The zero-order chi connectivity index (χ0) is 15.5. The van der Waals surface area contributed by atoms with Crippen molar-refractivity contribution < 1.29 is 13.9 Å². The molecule has 2 rings (SSSR count). The molecule has 0 spiro atoms. The highest BCUT2D eigenvalue weighted by Gasteiger charge is 2.34. The third kappa shape index (κ3) is 3.42. The highest BCUT2D eigenvalue weighted by molar-refractivity contribution is 6.33. The van der Waals surface area contributed by atoms with Crippen molar-refractivity contribution in [3.63, 3.8) is 0 Å². The van der Waals surface area contributed by atoms with E-state index in [4.69, 9.17) is 16.3 Å². The van der Waals surface area contributed by atoms with E-state index >= 15 is 0 Å². The second-order valence-corrected chi connectivity index (χ2v) is 5.56. The van der Waals surface area contributed by atoms with Gasteiger partial charge in [-0.1, -0.05) is 36.4 Å². The molecule has 110 valence electrons. The van der Waals surface area contributed by atoms with Gasteiger partial charge in [0.25, 0.3) is 0 Å². The summed E-state index contributed by atoms with van der Waals surface area (Å²) < 4.78 is 17.9. The van der Waals surface area contributed by atoms with Crippen molar-refractivity contribution in [1.29, 1.82) is 0 Å². The molecule has 0 aliphatic rings. The normalized spacial score (nSPS) is 13.5. The average Bonchev–Trinajstić information content (AvgIpc) is 2.48. The Morgan fingerprint density at radius 3 is 2.05 bits per heavy atom. The summed E-state index contributed by atoms with van der Waals surface area (Å²) in [4.78, 5) is 10.7. The lowest BCUT2D eigenvalue weighted by atomic mass is 9.97. The van der Waals surface area contributed by atoms with Crippen LogP contribution in [0.2, 0.25) is 0 Å². The third-order valence-electron chi connectivity index (χ3n) is 3.26. The topological polar surface area (TPSA) is 26.3 Å². The summed E-state index contributed by atoms with van der Waals surface area (Å²) in [6.45, 7) is 3.64. The number of halogens is 2. The molecule has 2 aromatic carbocycles. The molecule has 2 aromatic rings. The molecule has 2 nitrogen and oxygen atoms in total. The van der Waals surface area contributed by atoms with Gasteiger partial charge in [0, 0.05) is 0 Å². The second-order valence-electron chi connectivity index (χ2n) is 4.81. The van der Waals surface area contributed by atoms with Crippen LogP contribution in [0.5, 0.6) is 0 Å². The molecule has 0 aromatic heterocycles. The maximum atomic E-state index is 12.9. The van der Waals surface area contributed by atoms with Crippen LogP contribution in [0.1, 0.15) is 19.4 Å². The molecule has 0 saturated carbocycles. The Hall–Kier alpha value is -1.87. The van der Waals surface area contributed by atoms with Gasteiger partial charge in [-0.3, -0.25) is 0 Å². The Morgan fingerprint density at radius 2 is 1.57 bits per heavy atom. The molecule has 1 atom stereocenters. The molecule has 0 aliphatic carbocycles. The van der Waals surface area contributed by atoms with Crippen LogP contribution < -0.4 is 0 Å². The average molecular weight is 307 g/mol. The number of ether oxygens (including phenoxy) is 1. The van der Waals surface area contributed by atoms with Crippen molar-refractivity contribution in [2.75, 3.05) is 6.61 Å². The van der Waals surface area contributed by atoms with Crippen molar-refractivity contribution in [2.24, 2.45) is 0 Å². The lowest BCUT2D eigenvalue weighted by molar-refractivity contribution is -0.146. The Bertz CT molecular complexity index is 618. The molecule has 0 saturated heterocycles. The summed E-state index contributed by atoms with van der Waals surface area (Å²) in [5.41, 5.74) is 2.49. The quantitative estimate of drug-likeness (QED) is 0.613. The van der Waals surface area contributed by atoms with Crippen LogP contribution >= 0.6 is 11.6 Å². The van der Waals surface area contributed by atoms with E-state index in [2.05, 4.69) is 0 Å². The summed E-state index contributed by atoms with van der Waals surface area (Å²) >= 11 is 6.29. The fourth-order valence-corrected chi connectivity index (χ4v) is 2.18. The summed E-state index contributed by atoms with van der Waals surface area (Å²) in [6, 6.07) is 13.5. The van der Waals surface area contributed by atoms with E-state index in [9.17, 15) is 9.18 Å². The summed E-state index contributed by atoms with van der Waals surface area (Å²) in [5.74, 6) is -0.743. The van der Waals surface area contributed by atoms with Crippen LogP contribution in [-0.2, 0) is 14.4 Å². The highest BCUT2D eigenvalue weighted by Crippen LogP contribution is 2.31. The lowest BCUT2D eigenvalue weighted by Gasteiger charge is -2.20. The molecule has 0 bridgehead atoms. The largest absolute Gasteiger partial charge is 0.464 e. The van der Waals surface area contributed by atoms with E-state index < -0.39 is 10.8 Å². The van der Waals surface area contributed by atoms with Gasteiger partial charge in [-0.15, -0.1) is 11.6 Å². The molecular weight excluding hydrogens is 291 g/mol. The van der Waals surface area contributed by atoms with Gasteiger partial charge in [-0.2, -0.15) is 0 Å². The van der Waals surface area contributed by atoms with Gasteiger partial charge >= 0.3 is 5.97 Å². The number of rotatable bonds is 4. The first kappa shape index (κ1) is 15.5.